The summed E-state index contributed by atoms with van der Waals surface area (Å²) >= 11 is 6.02. The molecule has 0 bridgehead atoms. The van der Waals surface area contributed by atoms with Gasteiger partial charge in [0, 0.05) is 17.5 Å². The molecule has 24 heavy (non-hydrogen) atoms. The van der Waals surface area contributed by atoms with Crippen LogP contribution in [0.15, 0.2) is 54.6 Å². The summed E-state index contributed by atoms with van der Waals surface area (Å²) in [6.07, 6.45) is 3.83. The predicted octanol–water partition coefficient (Wildman–Crippen LogP) is 4.82. The fourth-order valence-electron chi connectivity index (χ4n) is 3.68. The summed E-state index contributed by atoms with van der Waals surface area (Å²) in [4.78, 5) is 2.49. The molecule has 1 aliphatic heterocycles. The maximum atomic E-state index is 11.5. The second-order valence-corrected chi connectivity index (χ2v) is 7.42. The van der Waals surface area contributed by atoms with Crippen molar-refractivity contribution in [2.75, 3.05) is 19.6 Å². The lowest BCUT2D eigenvalue weighted by molar-refractivity contribution is 0.0107. The average Bonchev–Trinajstić information content (AvgIpc) is 2.61. The molecule has 1 heterocycles. The summed E-state index contributed by atoms with van der Waals surface area (Å²) in [6, 6.07) is 18.0. The zero-order valence-corrected chi connectivity index (χ0v) is 15.0. The highest BCUT2D eigenvalue weighted by Gasteiger charge is 2.36. The lowest BCUT2D eigenvalue weighted by Crippen LogP contribution is -2.41. The topological polar surface area (TPSA) is 23.5 Å². The first kappa shape index (κ1) is 17.5. The molecule has 0 saturated carbocycles. The minimum Gasteiger partial charge on any atom is -0.385 e. The Morgan fingerprint density at radius 3 is 2.25 bits per heavy atom. The molecule has 1 aliphatic rings. The molecule has 0 radical (unpaired) electrons. The predicted molar refractivity (Wildman–Crippen MR) is 100 cm³/mol. The van der Waals surface area contributed by atoms with Gasteiger partial charge in [0.25, 0.3) is 0 Å². The highest BCUT2D eigenvalue weighted by atomic mass is 35.5. The van der Waals surface area contributed by atoms with Gasteiger partial charge < -0.3 is 10.0 Å². The van der Waals surface area contributed by atoms with Crippen molar-refractivity contribution in [3.05, 3.63) is 70.7 Å². The Kier molecular flexibility index (Phi) is 5.60. The van der Waals surface area contributed by atoms with Crippen molar-refractivity contribution in [1.29, 1.82) is 0 Å². The molecule has 1 fully saturated rings. The van der Waals surface area contributed by atoms with E-state index in [4.69, 9.17) is 11.6 Å². The summed E-state index contributed by atoms with van der Waals surface area (Å²) in [5.74, 6) is 0.0259. The van der Waals surface area contributed by atoms with Crippen molar-refractivity contribution in [3.63, 3.8) is 0 Å². The molecule has 3 rings (SSSR count). The first-order valence-corrected chi connectivity index (χ1v) is 9.21. The molecule has 0 aromatic heterocycles. The van der Waals surface area contributed by atoms with Crippen LogP contribution < -0.4 is 0 Å². The van der Waals surface area contributed by atoms with Gasteiger partial charge in [-0.2, -0.15) is 0 Å². The van der Waals surface area contributed by atoms with Gasteiger partial charge in [0.05, 0.1) is 5.60 Å². The molecule has 0 spiro atoms. The number of nitrogens with zero attached hydrogens (tertiary/aromatic N) is 1. The Labute approximate surface area is 150 Å². The molecule has 2 atom stereocenters. The molecule has 1 saturated heterocycles. The molecule has 2 aromatic rings. The van der Waals surface area contributed by atoms with E-state index in [1.807, 2.05) is 37.3 Å². The quantitative estimate of drug-likeness (QED) is 0.841. The molecule has 0 unspecified atom stereocenters. The summed E-state index contributed by atoms with van der Waals surface area (Å²) in [7, 11) is 0. The van der Waals surface area contributed by atoms with E-state index in [0.29, 0.717) is 5.02 Å². The van der Waals surface area contributed by atoms with E-state index in [9.17, 15) is 5.11 Å². The van der Waals surface area contributed by atoms with Crippen LogP contribution in [0.3, 0.4) is 0 Å². The van der Waals surface area contributed by atoms with Gasteiger partial charge in [0.1, 0.15) is 0 Å². The van der Waals surface area contributed by atoms with Gasteiger partial charge in [-0.3, -0.25) is 0 Å². The van der Waals surface area contributed by atoms with Gasteiger partial charge in [0.2, 0.25) is 0 Å². The van der Waals surface area contributed by atoms with Crippen LogP contribution in [0.4, 0.5) is 0 Å². The molecule has 0 aliphatic carbocycles. The fourth-order valence-corrected chi connectivity index (χ4v) is 3.81. The standard InChI is InChI=1S/C21H26ClNO/c1-21(24,18-10-12-19(22)13-11-18)20(17-8-4-2-5-9-17)16-23-14-6-3-7-15-23/h2,4-5,8-13,20,24H,3,6-7,14-16H2,1H3/t20-,21+/m0/s1. The number of benzene rings is 2. The van der Waals surface area contributed by atoms with Crippen molar-refractivity contribution < 1.29 is 5.11 Å². The van der Waals surface area contributed by atoms with E-state index in [-0.39, 0.29) is 5.92 Å². The average molecular weight is 344 g/mol. The number of halogens is 1. The van der Waals surface area contributed by atoms with E-state index in [0.717, 1.165) is 25.2 Å². The van der Waals surface area contributed by atoms with E-state index >= 15 is 0 Å². The van der Waals surface area contributed by atoms with Crippen molar-refractivity contribution in [2.45, 2.75) is 37.7 Å². The summed E-state index contributed by atoms with van der Waals surface area (Å²) in [5.41, 5.74) is 1.16. The number of hydrogen-bond donors (Lipinski definition) is 1. The monoisotopic (exact) mass is 343 g/mol. The highest BCUT2D eigenvalue weighted by molar-refractivity contribution is 6.30. The lowest BCUT2D eigenvalue weighted by atomic mass is 9.78. The summed E-state index contributed by atoms with van der Waals surface area (Å²) < 4.78 is 0. The molecule has 2 aromatic carbocycles. The van der Waals surface area contributed by atoms with Crippen LogP contribution in [0.5, 0.6) is 0 Å². The van der Waals surface area contributed by atoms with Crippen LogP contribution in [-0.4, -0.2) is 29.6 Å². The SMILES string of the molecule is C[C@@](O)(c1ccc(Cl)cc1)[C@@H](CN1CCCCC1)c1ccccc1. The van der Waals surface area contributed by atoms with Gasteiger partial charge in [-0.25, -0.2) is 0 Å². The van der Waals surface area contributed by atoms with Crippen molar-refractivity contribution >= 4 is 11.6 Å². The molecular weight excluding hydrogens is 318 g/mol. The van der Waals surface area contributed by atoms with Crippen molar-refractivity contribution in [2.24, 2.45) is 0 Å². The van der Waals surface area contributed by atoms with Crippen LogP contribution in [0.2, 0.25) is 5.02 Å². The van der Waals surface area contributed by atoms with Crippen LogP contribution in [-0.2, 0) is 5.60 Å². The van der Waals surface area contributed by atoms with Crippen LogP contribution >= 0.6 is 11.6 Å². The van der Waals surface area contributed by atoms with Crippen molar-refractivity contribution in [1.82, 2.24) is 4.90 Å². The first-order chi connectivity index (χ1) is 11.6. The Hall–Kier alpha value is -1.35. The first-order valence-electron chi connectivity index (χ1n) is 8.83. The molecular formula is C21H26ClNO. The van der Waals surface area contributed by atoms with Crippen LogP contribution in [0.25, 0.3) is 0 Å². The van der Waals surface area contributed by atoms with Gasteiger partial charge in [-0.15, -0.1) is 0 Å². The zero-order valence-electron chi connectivity index (χ0n) is 14.3. The number of hydrogen-bond acceptors (Lipinski definition) is 2. The third-order valence-corrected chi connectivity index (χ3v) is 5.45. The maximum Gasteiger partial charge on any atom is 0.0949 e. The highest BCUT2D eigenvalue weighted by Crippen LogP contribution is 2.38. The van der Waals surface area contributed by atoms with E-state index in [2.05, 4.69) is 29.2 Å². The van der Waals surface area contributed by atoms with E-state index < -0.39 is 5.60 Å². The number of rotatable bonds is 5. The largest absolute Gasteiger partial charge is 0.385 e. The van der Waals surface area contributed by atoms with Gasteiger partial charge >= 0.3 is 0 Å². The Morgan fingerprint density at radius 2 is 1.62 bits per heavy atom. The van der Waals surface area contributed by atoms with Gasteiger partial charge in [-0.05, 0) is 56.1 Å². The van der Waals surface area contributed by atoms with Crippen molar-refractivity contribution in [3.8, 4) is 0 Å². The van der Waals surface area contributed by atoms with Crippen LogP contribution in [0.1, 0.15) is 43.2 Å². The summed E-state index contributed by atoms with van der Waals surface area (Å²) in [5, 5.41) is 12.1. The fraction of sp³-hybridized carbons (Fsp3) is 0.429. The molecule has 128 valence electrons. The Balaban J connectivity index is 1.91. The smallest absolute Gasteiger partial charge is 0.0949 e. The molecule has 1 N–H and O–H groups in total. The zero-order chi connectivity index (χ0) is 17.0. The number of piperidine rings is 1. The van der Waals surface area contributed by atoms with Gasteiger partial charge in [0.15, 0.2) is 0 Å². The Bertz CT molecular complexity index is 633. The minimum atomic E-state index is -0.941. The second kappa shape index (κ2) is 7.69. The molecule has 2 nitrogen and oxygen atoms in total. The number of aliphatic hydroxyl groups is 1. The number of likely N-dealkylation sites (tertiary alicyclic amines) is 1. The van der Waals surface area contributed by atoms with E-state index in [1.54, 1.807) is 0 Å². The normalized spacial score (nSPS) is 19.6. The molecule has 0 amide bonds. The second-order valence-electron chi connectivity index (χ2n) is 6.98. The maximum absolute atomic E-state index is 11.5. The lowest BCUT2D eigenvalue weighted by Gasteiger charge is -2.38. The minimum absolute atomic E-state index is 0.0259. The molecule has 3 heteroatoms. The third-order valence-electron chi connectivity index (χ3n) is 5.20. The Morgan fingerprint density at radius 1 is 1.00 bits per heavy atom. The van der Waals surface area contributed by atoms with Gasteiger partial charge in [-0.1, -0.05) is 60.5 Å². The third kappa shape index (κ3) is 4.00. The summed E-state index contributed by atoms with van der Waals surface area (Å²) in [6.45, 7) is 5.05. The van der Waals surface area contributed by atoms with E-state index in [1.165, 1.54) is 24.8 Å². The van der Waals surface area contributed by atoms with Crippen LogP contribution in [0, 0.1) is 0 Å².